The first kappa shape index (κ1) is 16.6. The predicted octanol–water partition coefficient (Wildman–Crippen LogP) is 4.57. The summed E-state index contributed by atoms with van der Waals surface area (Å²) in [5.41, 5.74) is 5.21. The fourth-order valence-corrected chi connectivity index (χ4v) is 3.94. The Hall–Kier alpha value is -3.58. The summed E-state index contributed by atoms with van der Waals surface area (Å²) in [6, 6.07) is 15.1. The number of thiazole rings is 1. The minimum absolute atomic E-state index is 0.273. The topological polar surface area (TPSA) is 72.2 Å². The number of rotatable bonds is 3. The lowest BCUT2D eigenvalue weighted by molar-refractivity contribution is 0.102. The van der Waals surface area contributed by atoms with Crippen molar-refractivity contribution < 1.29 is 4.79 Å². The average molecular weight is 385 g/mol. The Morgan fingerprint density at radius 3 is 2.68 bits per heavy atom. The van der Waals surface area contributed by atoms with Crippen molar-refractivity contribution in [2.75, 3.05) is 5.32 Å². The first-order valence-electron chi connectivity index (χ1n) is 8.75. The van der Waals surface area contributed by atoms with Gasteiger partial charge in [0.05, 0.1) is 28.6 Å². The quantitative estimate of drug-likeness (QED) is 0.494. The van der Waals surface area contributed by atoms with Crippen LogP contribution in [0.4, 0.5) is 5.69 Å². The Labute approximate surface area is 164 Å². The number of aromatic nitrogens is 4. The summed E-state index contributed by atoms with van der Waals surface area (Å²) in [4.78, 5) is 27.1. The van der Waals surface area contributed by atoms with E-state index in [9.17, 15) is 4.79 Å². The molecule has 6 nitrogen and oxygen atoms in total. The van der Waals surface area contributed by atoms with Gasteiger partial charge in [0.2, 0.25) is 0 Å². The molecule has 0 unspecified atom stereocenters. The number of nitrogens with zero attached hydrogens (tertiary/aromatic N) is 4. The number of imidazole rings is 1. The van der Waals surface area contributed by atoms with E-state index in [0.29, 0.717) is 11.2 Å². The number of anilines is 1. The average Bonchev–Trinajstić information content (AvgIpc) is 3.30. The van der Waals surface area contributed by atoms with Crippen molar-refractivity contribution in [1.82, 2.24) is 19.4 Å². The molecule has 3 heterocycles. The number of hydrogen-bond acceptors (Lipinski definition) is 5. The van der Waals surface area contributed by atoms with Gasteiger partial charge in [0.15, 0.2) is 4.96 Å². The number of amides is 1. The normalized spacial score (nSPS) is 11.2. The lowest BCUT2D eigenvalue weighted by Gasteiger charge is -2.09. The summed E-state index contributed by atoms with van der Waals surface area (Å²) in [6.45, 7) is 2.04. The molecule has 5 aromatic rings. The van der Waals surface area contributed by atoms with Gasteiger partial charge in [0, 0.05) is 22.8 Å². The van der Waals surface area contributed by atoms with Gasteiger partial charge >= 0.3 is 0 Å². The van der Waals surface area contributed by atoms with Crippen LogP contribution in [-0.4, -0.2) is 25.3 Å². The van der Waals surface area contributed by atoms with Crippen molar-refractivity contribution in [3.63, 3.8) is 0 Å². The standard InChI is InChI=1S/C21H15N5OS/c1-13-12-28-21-25-19(11-26(13)21)14-6-2-3-7-15(14)24-20(27)18-10-22-16-8-4-5-9-17(16)23-18/h2-12H,1H3,(H,24,27). The maximum absolute atomic E-state index is 12.8. The molecule has 0 bridgehead atoms. The van der Waals surface area contributed by atoms with Crippen LogP contribution in [0.5, 0.6) is 0 Å². The van der Waals surface area contributed by atoms with Crippen molar-refractivity contribution in [2.45, 2.75) is 6.92 Å². The summed E-state index contributed by atoms with van der Waals surface area (Å²) < 4.78 is 2.05. The molecular formula is C21H15N5OS. The van der Waals surface area contributed by atoms with Gasteiger partial charge in [-0.1, -0.05) is 30.3 Å². The molecule has 0 aliphatic rings. The lowest BCUT2D eigenvalue weighted by Crippen LogP contribution is -2.14. The fourth-order valence-electron chi connectivity index (χ4n) is 3.09. The molecule has 0 aliphatic heterocycles. The summed E-state index contributed by atoms with van der Waals surface area (Å²) in [7, 11) is 0. The number of hydrogen-bond donors (Lipinski definition) is 1. The Morgan fingerprint density at radius 1 is 1.04 bits per heavy atom. The Morgan fingerprint density at radius 2 is 1.82 bits per heavy atom. The maximum Gasteiger partial charge on any atom is 0.275 e. The van der Waals surface area contributed by atoms with E-state index in [-0.39, 0.29) is 11.6 Å². The smallest absolute Gasteiger partial charge is 0.275 e. The Bertz CT molecular complexity index is 1340. The second kappa shape index (κ2) is 6.54. The molecule has 2 aromatic carbocycles. The zero-order valence-electron chi connectivity index (χ0n) is 15.0. The number of carbonyl (C=O) groups excluding carboxylic acids is 1. The number of nitrogens with one attached hydrogen (secondary N) is 1. The molecule has 3 aromatic heterocycles. The second-order valence-corrected chi connectivity index (χ2v) is 7.24. The highest BCUT2D eigenvalue weighted by atomic mass is 32.1. The van der Waals surface area contributed by atoms with Gasteiger partial charge in [-0.25, -0.2) is 9.97 Å². The molecule has 7 heteroatoms. The van der Waals surface area contributed by atoms with Gasteiger partial charge < -0.3 is 5.32 Å². The van der Waals surface area contributed by atoms with Gasteiger partial charge in [0.25, 0.3) is 5.91 Å². The van der Waals surface area contributed by atoms with E-state index < -0.39 is 0 Å². The van der Waals surface area contributed by atoms with E-state index in [0.717, 1.165) is 27.4 Å². The predicted molar refractivity (Wildman–Crippen MR) is 111 cm³/mol. The molecular weight excluding hydrogens is 370 g/mol. The third-order valence-electron chi connectivity index (χ3n) is 4.52. The molecule has 0 spiro atoms. The van der Waals surface area contributed by atoms with Crippen LogP contribution < -0.4 is 5.32 Å². The summed E-state index contributed by atoms with van der Waals surface area (Å²) in [5, 5.41) is 5.02. The molecule has 1 amide bonds. The third kappa shape index (κ3) is 2.82. The minimum atomic E-state index is -0.303. The molecule has 0 atom stereocenters. The molecule has 0 radical (unpaired) electrons. The first-order valence-corrected chi connectivity index (χ1v) is 9.63. The molecule has 136 valence electrons. The van der Waals surface area contributed by atoms with Crippen molar-refractivity contribution in [3.05, 3.63) is 77.7 Å². The summed E-state index contributed by atoms with van der Waals surface area (Å²) >= 11 is 1.59. The molecule has 0 fully saturated rings. The van der Waals surface area contributed by atoms with Crippen LogP contribution in [-0.2, 0) is 0 Å². The number of para-hydroxylation sites is 3. The van der Waals surface area contributed by atoms with E-state index >= 15 is 0 Å². The van der Waals surface area contributed by atoms with Crippen LogP contribution in [0.2, 0.25) is 0 Å². The molecule has 28 heavy (non-hydrogen) atoms. The number of carbonyl (C=O) groups is 1. The summed E-state index contributed by atoms with van der Waals surface area (Å²) in [5.74, 6) is -0.303. The van der Waals surface area contributed by atoms with Crippen molar-refractivity contribution in [1.29, 1.82) is 0 Å². The van der Waals surface area contributed by atoms with Crippen molar-refractivity contribution in [3.8, 4) is 11.3 Å². The Balaban J connectivity index is 1.50. The van der Waals surface area contributed by atoms with Gasteiger partial charge in [-0.2, -0.15) is 0 Å². The van der Waals surface area contributed by atoms with Crippen molar-refractivity contribution >= 4 is 38.9 Å². The second-order valence-electron chi connectivity index (χ2n) is 6.40. The number of aryl methyl sites for hydroxylation is 1. The van der Waals surface area contributed by atoms with Gasteiger partial charge in [0.1, 0.15) is 5.69 Å². The van der Waals surface area contributed by atoms with Gasteiger partial charge in [-0.15, -0.1) is 11.3 Å². The maximum atomic E-state index is 12.8. The highest BCUT2D eigenvalue weighted by molar-refractivity contribution is 7.15. The zero-order chi connectivity index (χ0) is 19.1. The van der Waals surface area contributed by atoms with E-state index in [2.05, 4.69) is 25.6 Å². The van der Waals surface area contributed by atoms with E-state index in [1.54, 1.807) is 11.3 Å². The summed E-state index contributed by atoms with van der Waals surface area (Å²) in [6.07, 6.45) is 3.48. The number of benzene rings is 2. The van der Waals surface area contributed by atoms with E-state index in [4.69, 9.17) is 0 Å². The lowest BCUT2D eigenvalue weighted by atomic mass is 10.1. The van der Waals surface area contributed by atoms with Gasteiger partial charge in [-0.05, 0) is 25.1 Å². The first-order chi connectivity index (χ1) is 13.7. The van der Waals surface area contributed by atoms with Crippen LogP contribution in [0.3, 0.4) is 0 Å². The van der Waals surface area contributed by atoms with E-state index in [1.165, 1.54) is 6.20 Å². The fraction of sp³-hybridized carbons (Fsp3) is 0.0476. The van der Waals surface area contributed by atoms with E-state index in [1.807, 2.05) is 66.1 Å². The van der Waals surface area contributed by atoms with Crippen molar-refractivity contribution in [2.24, 2.45) is 0 Å². The van der Waals surface area contributed by atoms with Crippen LogP contribution in [0.15, 0.2) is 66.3 Å². The SMILES string of the molecule is Cc1csc2nc(-c3ccccc3NC(=O)c3cnc4ccccc4n3)cn12. The zero-order valence-corrected chi connectivity index (χ0v) is 15.8. The van der Waals surface area contributed by atoms with Crippen LogP contribution in [0, 0.1) is 6.92 Å². The van der Waals surface area contributed by atoms with Crippen LogP contribution in [0.25, 0.3) is 27.3 Å². The minimum Gasteiger partial charge on any atom is -0.320 e. The largest absolute Gasteiger partial charge is 0.320 e. The molecule has 0 saturated heterocycles. The monoisotopic (exact) mass is 385 g/mol. The molecule has 5 rings (SSSR count). The molecule has 1 N–H and O–H groups in total. The number of fused-ring (bicyclic) bond motifs is 2. The van der Waals surface area contributed by atoms with Crippen LogP contribution >= 0.6 is 11.3 Å². The van der Waals surface area contributed by atoms with Gasteiger partial charge in [-0.3, -0.25) is 14.2 Å². The highest BCUT2D eigenvalue weighted by Crippen LogP contribution is 2.29. The third-order valence-corrected chi connectivity index (χ3v) is 5.48. The Kier molecular flexibility index (Phi) is 3.87. The highest BCUT2D eigenvalue weighted by Gasteiger charge is 2.15. The molecule has 0 saturated carbocycles. The van der Waals surface area contributed by atoms with Crippen LogP contribution in [0.1, 0.15) is 16.2 Å². The molecule has 0 aliphatic carbocycles.